The van der Waals surface area contributed by atoms with E-state index in [1.165, 1.54) is 23.6 Å². The largest absolute Gasteiger partial charge is 0.309 e. The maximum absolute atomic E-state index is 12.6. The number of hydrogen-bond donors (Lipinski definition) is 1. The molecule has 7 heteroatoms. The van der Waals surface area contributed by atoms with Gasteiger partial charge in [0.05, 0.1) is 11.3 Å². The Morgan fingerprint density at radius 2 is 1.96 bits per heavy atom. The fourth-order valence-electron chi connectivity index (χ4n) is 2.56. The molecule has 1 atom stereocenters. The number of rotatable bonds is 2. The molecule has 2 aromatic heterocycles. The summed E-state index contributed by atoms with van der Waals surface area (Å²) in [6.07, 6.45) is 4.54. The number of carbonyl (C=O) groups excluding carboxylic acids is 1. The molecular formula is C17H10ClN3O2S. The third kappa shape index (κ3) is 2.60. The van der Waals surface area contributed by atoms with Crippen LogP contribution in [0.3, 0.4) is 0 Å². The Kier molecular flexibility index (Phi) is 3.63. The first-order chi connectivity index (χ1) is 11.6. The molecule has 4 rings (SSSR count). The first kappa shape index (κ1) is 15.0. The van der Waals surface area contributed by atoms with E-state index in [4.69, 9.17) is 11.6 Å². The number of allylic oxidation sites excluding steroid dienone is 1. The Balaban J connectivity index is 1.83. The summed E-state index contributed by atoms with van der Waals surface area (Å²) in [4.78, 5) is 35.4. The average Bonchev–Trinajstić information content (AvgIpc) is 3.01. The van der Waals surface area contributed by atoms with Gasteiger partial charge in [-0.05, 0) is 17.7 Å². The second-order valence-electron chi connectivity index (χ2n) is 5.29. The molecule has 0 saturated heterocycles. The molecule has 0 fully saturated rings. The number of thiophene rings is 1. The number of H-pyrrole nitrogens is 1. The van der Waals surface area contributed by atoms with Crippen LogP contribution in [0.5, 0.6) is 0 Å². The van der Waals surface area contributed by atoms with Gasteiger partial charge in [-0.25, -0.2) is 9.98 Å². The lowest BCUT2D eigenvalue weighted by Gasteiger charge is -2.09. The number of fused-ring (bicyclic) bond motifs is 1. The highest BCUT2D eigenvalue weighted by molar-refractivity contribution is 7.17. The van der Waals surface area contributed by atoms with E-state index in [-0.39, 0.29) is 17.4 Å². The van der Waals surface area contributed by atoms with Gasteiger partial charge in [0.1, 0.15) is 10.7 Å². The average molecular weight is 356 g/mol. The molecule has 1 amide bonds. The number of carbonyl (C=O) groups is 1. The Bertz CT molecular complexity index is 1050. The van der Waals surface area contributed by atoms with Crippen LogP contribution in [0, 0.1) is 0 Å². The fourth-order valence-corrected chi connectivity index (χ4v) is 3.64. The van der Waals surface area contributed by atoms with Crippen molar-refractivity contribution in [2.75, 3.05) is 0 Å². The van der Waals surface area contributed by atoms with E-state index < -0.39 is 0 Å². The van der Waals surface area contributed by atoms with Gasteiger partial charge in [0.25, 0.3) is 11.5 Å². The van der Waals surface area contributed by atoms with Crippen LogP contribution in [-0.4, -0.2) is 22.1 Å². The molecule has 0 radical (unpaired) electrons. The first-order valence-corrected chi connectivity index (χ1v) is 8.41. The first-order valence-electron chi connectivity index (χ1n) is 7.15. The lowest BCUT2D eigenvalue weighted by atomic mass is 10.1. The number of aromatic nitrogens is 2. The molecule has 118 valence electrons. The number of nitrogens with zero attached hydrogens (tertiary/aromatic N) is 2. The fraction of sp³-hybridized carbons (Fsp3) is 0.0588. The second kappa shape index (κ2) is 5.81. The van der Waals surface area contributed by atoms with Crippen molar-refractivity contribution in [2.45, 2.75) is 5.92 Å². The molecule has 5 nitrogen and oxygen atoms in total. The van der Waals surface area contributed by atoms with Gasteiger partial charge >= 0.3 is 0 Å². The summed E-state index contributed by atoms with van der Waals surface area (Å²) in [6.45, 7) is 0. The Morgan fingerprint density at radius 1 is 1.17 bits per heavy atom. The van der Waals surface area contributed by atoms with Gasteiger partial charge in [0, 0.05) is 28.3 Å². The zero-order valence-electron chi connectivity index (χ0n) is 12.2. The Labute approximate surface area is 145 Å². The molecule has 1 N–H and O–H groups in total. The third-order valence-corrected chi connectivity index (χ3v) is 4.87. The summed E-state index contributed by atoms with van der Waals surface area (Å²) < 4.78 is 0. The summed E-state index contributed by atoms with van der Waals surface area (Å²) in [5, 5.41) is 3.11. The van der Waals surface area contributed by atoms with E-state index in [2.05, 4.69) is 15.0 Å². The van der Waals surface area contributed by atoms with Crippen LogP contribution in [-0.2, 0) is 4.79 Å². The van der Waals surface area contributed by atoms with Gasteiger partial charge in [-0.3, -0.25) is 9.59 Å². The van der Waals surface area contributed by atoms with Crippen molar-refractivity contribution in [3.63, 3.8) is 0 Å². The van der Waals surface area contributed by atoms with Crippen molar-refractivity contribution in [1.82, 2.24) is 9.97 Å². The second-order valence-corrected chi connectivity index (χ2v) is 6.58. The highest BCUT2D eigenvalue weighted by Crippen LogP contribution is 2.32. The summed E-state index contributed by atoms with van der Waals surface area (Å²) >= 11 is 7.33. The molecule has 0 aliphatic carbocycles. The van der Waals surface area contributed by atoms with Crippen LogP contribution in [0.2, 0.25) is 5.02 Å². The Hall–Kier alpha value is -2.57. The van der Waals surface area contributed by atoms with Crippen molar-refractivity contribution in [3.8, 4) is 11.1 Å². The minimum atomic E-state index is -0.309. The van der Waals surface area contributed by atoms with Crippen LogP contribution >= 0.6 is 22.9 Å². The summed E-state index contributed by atoms with van der Waals surface area (Å²) in [5.41, 5.74) is 1.53. The van der Waals surface area contributed by atoms with Gasteiger partial charge < -0.3 is 4.98 Å². The van der Waals surface area contributed by atoms with Gasteiger partial charge in [0.15, 0.2) is 0 Å². The summed E-state index contributed by atoms with van der Waals surface area (Å²) in [6, 6.07) is 7.33. The van der Waals surface area contributed by atoms with Crippen molar-refractivity contribution in [1.29, 1.82) is 0 Å². The molecule has 1 aromatic carbocycles. The summed E-state index contributed by atoms with van der Waals surface area (Å²) in [7, 11) is 0. The number of hydrogen-bond acceptors (Lipinski definition) is 4. The van der Waals surface area contributed by atoms with E-state index in [0.29, 0.717) is 21.1 Å². The molecule has 1 aliphatic rings. The maximum Gasteiger partial charge on any atom is 0.269 e. The van der Waals surface area contributed by atoms with Gasteiger partial charge in [0.2, 0.25) is 0 Å². The van der Waals surface area contributed by atoms with E-state index >= 15 is 0 Å². The lowest BCUT2D eigenvalue weighted by Crippen LogP contribution is -2.16. The number of dihydropyridines is 1. The standard InChI is InChI=1S/C17H10ClN3O2S/c18-11-4-1-9(2-5-11)12-8-24-17-14(12)16(23)20-15(21-17)10-3-6-13(22)19-7-10/h1-8,10H,(H,20,21,23). The predicted molar refractivity (Wildman–Crippen MR) is 96.1 cm³/mol. The lowest BCUT2D eigenvalue weighted by molar-refractivity contribution is -0.113. The monoisotopic (exact) mass is 355 g/mol. The van der Waals surface area contributed by atoms with E-state index in [1.807, 2.05) is 17.5 Å². The van der Waals surface area contributed by atoms with Crippen molar-refractivity contribution in [3.05, 3.63) is 63.0 Å². The zero-order valence-corrected chi connectivity index (χ0v) is 13.8. The zero-order chi connectivity index (χ0) is 16.7. The van der Waals surface area contributed by atoms with Crippen LogP contribution in [0.4, 0.5) is 0 Å². The molecule has 24 heavy (non-hydrogen) atoms. The SMILES string of the molecule is O=C1C=CC(c2nc3scc(-c4ccc(Cl)cc4)c3c(=O)[nH]2)C=N1. The number of nitrogens with one attached hydrogen (secondary N) is 1. The van der Waals surface area contributed by atoms with Crippen molar-refractivity contribution in [2.24, 2.45) is 4.99 Å². The van der Waals surface area contributed by atoms with Gasteiger partial charge in [-0.15, -0.1) is 11.3 Å². The quantitative estimate of drug-likeness (QED) is 0.763. The maximum atomic E-state index is 12.6. The minimum Gasteiger partial charge on any atom is -0.309 e. The van der Waals surface area contributed by atoms with E-state index in [1.54, 1.807) is 18.2 Å². The third-order valence-electron chi connectivity index (χ3n) is 3.74. The van der Waals surface area contributed by atoms with Gasteiger partial charge in [-0.1, -0.05) is 29.8 Å². The smallest absolute Gasteiger partial charge is 0.269 e. The minimum absolute atomic E-state index is 0.208. The van der Waals surface area contributed by atoms with Crippen LogP contribution in [0.15, 0.2) is 51.6 Å². The highest BCUT2D eigenvalue weighted by atomic mass is 35.5. The molecule has 1 aliphatic heterocycles. The van der Waals surface area contributed by atoms with E-state index in [0.717, 1.165) is 11.1 Å². The number of benzene rings is 1. The molecule has 0 bridgehead atoms. The van der Waals surface area contributed by atoms with Crippen molar-refractivity contribution < 1.29 is 4.79 Å². The van der Waals surface area contributed by atoms with Crippen LogP contribution in [0.25, 0.3) is 21.3 Å². The topological polar surface area (TPSA) is 75.2 Å². The van der Waals surface area contributed by atoms with E-state index in [9.17, 15) is 9.59 Å². The highest BCUT2D eigenvalue weighted by Gasteiger charge is 2.17. The van der Waals surface area contributed by atoms with Crippen LogP contribution < -0.4 is 5.56 Å². The number of aromatic amines is 1. The molecule has 3 heterocycles. The Morgan fingerprint density at radius 3 is 2.67 bits per heavy atom. The van der Waals surface area contributed by atoms with Crippen LogP contribution in [0.1, 0.15) is 11.7 Å². The summed E-state index contributed by atoms with van der Waals surface area (Å²) in [5.74, 6) is -0.138. The molecule has 0 spiro atoms. The van der Waals surface area contributed by atoms with Crippen molar-refractivity contribution >= 4 is 45.3 Å². The van der Waals surface area contributed by atoms with Gasteiger partial charge in [-0.2, -0.15) is 0 Å². The predicted octanol–water partition coefficient (Wildman–Crippen LogP) is 3.56. The molecule has 0 saturated carbocycles. The molecule has 1 unspecified atom stereocenters. The number of aliphatic imine (C=N–C) groups is 1. The number of halogens is 1. The molecule has 3 aromatic rings. The molecular weight excluding hydrogens is 346 g/mol. The normalized spacial score (nSPS) is 16.9. The number of amides is 1.